The van der Waals surface area contributed by atoms with E-state index in [0.29, 0.717) is 19.0 Å². The van der Waals surface area contributed by atoms with Crippen LogP contribution in [0.15, 0.2) is 18.2 Å². The molecular weight excluding hydrogens is 206 g/mol. The van der Waals surface area contributed by atoms with Crippen LogP contribution in [0, 0.1) is 0 Å². The molecular formula is C11H15N3O2. The molecule has 0 saturated heterocycles. The number of anilines is 1. The van der Waals surface area contributed by atoms with Crippen molar-refractivity contribution in [2.24, 2.45) is 7.05 Å². The van der Waals surface area contributed by atoms with Crippen LogP contribution in [0.2, 0.25) is 0 Å². The van der Waals surface area contributed by atoms with Crippen molar-refractivity contribution in [1.29, 1.82) is 0 Å². The van der Waals surface area contributed by atoms with Crippen molar-refractivity contribution in [3.8, 4) is 5.75 Å². The van der Waals surface area contributed by atoms with Crippen molar-refractivity contribution in [3.05, 3.63) is 18.2 Å². The molecule has 3 N–H and O–H groups in total. The molecule has 5 nitrogen and oxygen atoms in total. The van der Waals surface area contributed by atoms with E-state index < -0.39 is 0 Å². The standard InChI is InChI=1S/C11H15N3O2/c1-14-10-7-8(16-6-2-5-15)3-4-9(10)13-11(14)12/h3-4,7,15H,2,5-6H2,1H3,(H2,12,13). The first-order valence-electron chi connectivity index (χ1n) is 5.18. The van der Waals surface area contributed by atoms with Crippen molar-refractivity contribution >= 4 is 17.0 Å². The molecule has 0 atom stereocenters. The van der Waals surface area contributed by atoms with E-state index in [1.165, 1.54) is 0 Å². The first-order chi connectivity index (χ1) is 7.72. The molecule has 2 aromatic rings. The van der Waals surface area contributed by atoms with Gasteiger partial charge in [0.25, 0.3) is 0 Å². The van der Waals surface area contributed by atoms with Crippen LogP contribution in [0.25, 0.3) is 11.0 Å². The zero-order valence-corrected chi connectivity index (χ0v) is 9.18. The van der Waals surface area contributed by atoms with E-state index in [1.807, 2.05) is 29.8 Å². The van der Waals surface area contributed by atoms with Crippen LogP contribution in [0.1, 0.15) is 6.42 Å². The largest absolute Gasteiger partial charge is 0.493 e. The summed E-state index contributed by atoms with van der Waals surface area (Å²) in [5.41, 5.74) is 7.50. The average molecular weight is 221 g/mol. The maximum absolute atomic E-state index is 8.65. The Labute approximate surface area is 93.5 Å². The summed E-state index contributed by atoms with van der Waals surface area (Å²) in [5, 5.41) is 8.65. The SMILES string of the molecule is Cn1c(N)nc2ccc(OCCCO)cc21. The third kappa shape index (κ3) is 1.94. The highest BCUT2D eigenvalue weighted by Crippen LogP contribution is 2.22. The quantitative estimate of drug-likeness (QED) is 0.753. The van der Waals surface area contributed by atoms with E-state index in [0.717, 1.165) is 16.8 Å². The van der Waals surface area contributed by atoms with Crippen molar-refractivity contribution in [2.45, 2.75) is 6.42 Å². The van der Waals surface area contributed by atoms with Crippen LogP contribution in [0.5, 0.6) is 5.75 Å². The van der Waals surface area contributed by atoms with Crippen LogP contribution in [-0.4, -0.2) is 27.9 Å². The van der Waals surface area contributed by atoms with E-state index in [1.54, 1.807) is 0 Å². The van der Waals surface area contributed by atoms with Gasteiger partial charge in [-0.05, 0) is 12.1 Å². The molecule has 86 valence electrons. The number of aliphatic hydroxyl groups is 1. The molecule has 0 aliphatic rings. The summed E-state index contributed by atoms with van der Waals surface area (Å²) in [4.78, 5) is 4.20. The third-order valence-corrected chi connectivity index (χ3v) is 2.46. The molecule has 0 saturated carbocycles. The maximum atomic E-state index is 8.65. The molecule has 0 bridgehead atoms. The van der Waals surface area contributed by atoms with Crippen molar-refractivity contribution in [2.75, 3.05) is 18.9 Å². The number of rotatable bonds is 4. The van der Waals surface area contributed by atoms with Crippen LogP contribution in [0.4, 0.5) is 5.95 Å². The Morgan fingerprint density at radius 1 is 1.50 bits per heavy atom. The first kappa shape index (κ1) is 10.8. The fraction of sp³-hybridized carbons (Fsp3) is 0.364. The number of aryl methyl sites for hydroxylation is 1. The summed E-state index contributed by atoms with van der Waals surface area (Å²) in [7, 11) is 1.86. The minimum atomic E-state index is 0.140. The summed E-state index contributed by atoms with van der Waals surface area (Å²) in [6.07, 6.45) is 0.631. The molecule has 16 heavy (non-hydrogen) atoms. The average Bonchev–Trinajstić information content (AvgIpc) is 2.56. The Morgan fingerprint density at radius 3 is 3.06 bits per heavy atom. The van der Waals surface area contributed by atoms with Crippen molar-refractivity contribution in [1.82, 2.24) is 9.55 Å². The molecule has 2 rings (SSSR count). The normalized spacial score (nSPS) is 10.9. The Balaban J connectivity index is 2.25. The maximum Gasteiger partial charge on any atom is 0.200 e. The van der Waals surface area contributed by atoms with Gasteiger partial charge < -0.3 is 20.1 Å². The Kier molecular flexibility index (Phi) is 2.96. The van der Waals surface area contributed by atoms with Crippen LogP contribution >= 0.6 is 0 Å². The zero-order valence-electron chi connectivity index (χ0n) is 9.18. The lowest BCUT2D eigenvalue weighted by molar-refractivity contribution is 0.233. The fourth-order valence-electron chi connectivity index (χ4n) is 1.53. The molecule has 0 aliphatic carbocycles. The number of nitrogen functional groups attached to an aromatic ring is 1. The molecule has 0 amide bonds. The summed E-state index contributed by atoms with van der Waals surface area (Å²) >= 11 is 0. The van der Waals surface area contributed by atoms with Gasteiger partial charge in [0.2, 0.25) is 5.95 Å². The number of benzene rings is 1. The van der Waals surface area contributed by atoms with Crippen LogP contribution < -0.4 is 10.5 Å². The van der Waals surface area contributed by atoms with E-state index in [2.05, 4.69) is 4.98 Å². The summed E-state index contributed by atoms with van der Waals surface area (Å²) in [6.45, 7) is 0.649. The molecule has 1 heterocycles. The third-order valence-electron chi connectivity index (χ3n) is 2.46. The molecule has 0 radical (unpaired) electrons. The fourth-order valence-corrected chi connectivity index (χ4v) is 1.53. The summed E-state index contributed by atoms with van der Waals surface area (Å²) < 4.78 is 7.29. The number of aromatic nitrogens is 2. The van der Waals surface area contributed by atoms with Gasteiger partial charge in [-0.25, -0.2) is 4.98 Å². The highest BCUT2D eigenvalue weighted by Gasteiger charge is 2.05. The Morgan fingerprint density at radius 2 is 2.31 bits per heavy atom. The molecule has 1 aromatic carbocycles. The minimum Gasteiger partial charge on any atom is -0.493 e. The number of aliphatic hydroxyl groups excluding tert-OH is 1. The highest BCUT2D eigenvalue weighted by molar-refractivity contribution is 5.79. The number of hydrogen-bond acceptors (Lipinski definition) is 4. The first-order valence-corrected chi connectivity index (χ1v) is 5.18. The van der Waals surface area contributed by atoms with E-state index in [9.17, 15) is 0 Å². The number of ether oxygens (including phenoxy) is 1. The Bertz CT molecular complexity index is 493. The Hall–Kier alpha value is -1.75. The van der Waals surface area contributed by atoms with Gasteiger partial charge in [0.1, 0.15) is 5.75 Å². The second-order valence-electron chi connectivity index (χ2n) is 3.61. The van der Waals surface area contributed by atoms with Gasteiger partial charge in [0.15, 0.2) is 0 Å². The summed E-state index contributed by atoms with van der Waals surface area (Å²) in [5.74, 6) is 1.26. The predicted octanol–water partition coefficient (Wildman–Crippen LogP) is 0.917. The van der Waals surface area contributed by atoms with Gasteiger partial charge in [-0.3, -0.25) is 0 Å². The second kappa shape index (κ2) is 4.40. The van der Waals surface area contributed by atoms with Crippen molar-refractivity contribution in [3.63, 3.8) is 0 Å². The number of nitrogens with zero attached hydrogens (tertiary/aromatic N) is 2. The lowest BCUT2D eigenvalue weighted by Crippen LogP contribution is -2.00. The van der Waals surface area contributed by atoms with E-state index >= 15 is 0 Å². The minimum absolute atomic E-state index is 0.140. The molecule has 0 unspecified atom stereocenters. The number of fused-ring (bicyclic) bond motifs is 1. The molecule has 5 heteroatoms. The van der Waals surface area contributed by atoms with Gasteiger partial charge in [0, 0.05) is 26.1 Å². The predicted molar refractivity (Wildman–Crippen MR) is 62.3 cm³/mol. The summed E-state index contributed by atoms with van der Waals surface area (Å²) in [6, 6.07) is 5.63. The monoisotopic (exact) mass is 221 g/mol. The zero-order chi connectivity index (χ0) is 11.5. The van der Waals surface area contributed by atoms with Gasteiger partial charge in [-0.2, -0.15) is 0 Å². The van der Waals surface area contributed by atoms with Gasteiger partial charge >= 0.3 is 0 Å². The highest BCUT2D eigenvalue weighted by atomic mass is 16.5. The topological polar surface area (TPSA) is 73.3 Å². The smallest absolute Gasteiger partial charge is 0.200 e. The number of nitrogens with two attached hydrogens (primary N) is 1. The van der Waals surface area contributed by atoms with Crippen LogP contribution in [-0.2, 0) is 7.05 Å². The van der Waals surface area contributed by atoms with E-state index in [-0.39, 0.29) is 6.61 Å². The van der Waals surface area contributed by atoms with E-state index in [4.69, 9.17) is 15.6 Å². The number of hydrogen-bond donors (Lipinski definition) is 2. The molecule has 0 fully saturated rings. The van der Waals surface area contributed by atoms with Gasteiger partial charge in [-0.1, -0.05) is 0 Å². The van der Waals surface area contributed by atoms with Gasteiger partial charge in [-0.15, -0.1) is 0 Å². The van der Waals surface area contributed by atoms with Crippen molar-refractivity contribution < 1.29 is 9.84 Å². The van der Waals surface area contributed by atoms with Gasteiger partial charge in [0.05, 0.1) is 17.6 Å². The van der Waals surface area contributed by atoms with Crippen LogP contribution in [0.3, 0.4) is 0 Å². The molecule has 1 aromatic heterocycles. The molecule has 0 spiro atoms. The number of imidazole rings is 1. The lowest BCUT2D eigenvalue weighted by Gasteiger charge is -2.05. The molecule has 0 aliphatic heterocycles. The second-order valence-corrected chi connectivity index (χ2v) is 3.61. The lowest BCUT2D eigenvalue weighted by atomic mass is 10.3.